The number of aryl methyl sites for hydroxylation is 1. The van der Waals surface area contributed by atoms with E-state index >= 15 is 0 Å². The molecule has 0 saturated heterocycles. The zero-order chi connectivity index (χ0) is 13.5. The van der Waals surface area contributed by atoms with Crippen LogP contribution in [-0.2, 0) is 9.53 Å². The van der Waals surface area contributed by atoms with Gasteiger partial charge in [0.1, 0.15) is 11.5 Å². The van der Waals surface area contributed by atoms with Crippen LogP contribution in [0.25, 0.3) is 0 Å². The van der Waals surface area contributed by atoms with E-state index in [0.29, 0.717) is 0 Å². The maximum Gasteiger partial charge on any atom is 0.356 e. The molecule has 0 aliphatic rings. The second kappa shape index (κ2) is 7.01. The van der Waals surface area contributed by atoms with Crippen molar-refractivity contribution in [2.75, 3.05) is 0 Å². The van der Waals surface area contributed by atoms with Gasteiger partial charge in [-0.05, 0) is 37.5 Å². The van der Waals surface area contributed by atoms with Crippen molar-refractivity contribution in [2.45, 2.75) is 32.9 Å². The van der Waals surface area contributed by atoms with Crippen molar-refractivity contribution in [3.8, 4) is 5.75 Å². The Balaban J connectivity index is 2.59. The summed E-state index contributed by atoms with van der Waals surface area (Å²) in [5.41, 5.74) is 2.10. The van der Waals surface area contributed by atoms with Crippen molar-refractivity contribution in [2.24, 2.45) is 0 Å². The normalized spacial score (nSPS) is 11.7. The first-order chi connectivity index (χ1) is 8.58. The second-order valence-corrected chi connectivity index (χ2v) is 5.04. The first-order valence-corrected chi connectivity index (χ1v) is 6.88. The lowest BCUT2D eigenvalue weighted by Gasteiger charge is -2.15. The van der Waals surface area contributed by atoms with E-state index in [2.05, 4.69) is 6.58 Å². The molecule has 0 spiro atoms. The van der Waals surface area contributed by atoms with Crippen LogP contribution >= 0.6 is 0 Å². The van der Waals surface area contributed by atoms with Gasteiger partial charge in [-0.25, -0.2) is 4.79 Å². The van der Waals surface area contributed by atoms with Crippen molar-refractivity contribution < 1.29 is 14.0 Å². The van der Waals surface area contributed by atoms with Crippen molar-refractivity contribution in [3.05, 3.63) is 42.0 Å². The molecule has 18 heavy (non-hydrogen) atoms. The van der Waals surface area contributed by atoms with E-state index in [-0.39, 0.29) is 15.5 Å². The predicted molar refractivity (Wildman–Crippen MR) is 72.7 cm³/mol. The van der Waals surface area contributed by atoms with E-state index in [1.165, 1.54) is 11.6 Å². The van der Waals surface area contributed by atoms with Crippen LogP contribution in [0.1, 0.15) is 24.5 Å². The van der Waals surface area contributed by atoms with Crippen LogP contribution in [0.2, 0.25) is 0 Å². The van der Waals surface area contributed by atoms with Crippen LogP contribution in [0.3, 0.4) is 0 Å². The quantitative estimate of drug-likeness (QED) is 0.449. The smallest absolute Gasteiger partial charge is 0.356 e. The molecule has 0 amide bonds. The molecular weight excluding hydrogens is 244 g/mol. The molecular formula is C14H18O3Si. The molecule has 1 unspecified atom stereocenters. The largest absolute Gasteiger partial charge is 0.537 e. The summed E-state index contributed by atoms with van der Waals surface area (Å²) in [6, 6.07) is 5.93. The lowest BCUT2D eigenvalue weighted by atomic mass is 10.1. The summed E-state index contributed by atoms with van der Waals surface area (Å²) in [6.07, 6.45) is 1.90. The Morgan fingerprint density at radius 2 is 2.22 bits per heavy atom. The Hall–Kier alpha value is -1.55. The molecule has 3 nitrogen and oxygen atoms in total. The third-order valence-electron chi connectivity index (χ3n) is 2.65. The van der Waals surface area contributed by atoms with Crippen LogP contribution < -0.4 is 4.43 Å². The summed E-state index contributed by atoms with van der Waals surface area (Å²) in [5.74, 6) is 0.445. The molecule has 0 aliphatic heterocycles. The van der Waals surface area contributed by atoms with E-state index in [1.54, 1.807) is 0 Å². The molecule has 1 aromatic rings. The van der Waals surface area contributed by atoms with E-state index in [0.717, 1.165) is 17.7 Å². The number of ether oxygens (including phenoxy) is 1. The Bertz CT molecular complexity index is 429. The minimum atomic E-state index is -0.404. The van der Waals surface area contributed by atoms with E-state index in [4.69, 9.17) is 9.16 Å². The van der Waals surface area contributed by atoms with E-state index in [9.17, 15) is 4.79 Å². The molecule has 1 atom stereocenters. The standard InChI is InChI=1S/C14H18O3Si/c1-5-13(15)16-14(6-2)18-17-12-9-7-8-10(3)11(12)4/h5,7-9,14H,1,6H2,2-4H3. The monoisotopic (exact) mass is 262 g/mol. The lowest BCUT2D eigenvalue weighted by Crippen LogP contribution is -2.27. The Morgan fingerprint density at radius 3 is 2.83 bits per heavy atom. The number of esters is 1. The van der Waals surface area contributed by atoms with Crippen LogP contribution in [0.5, 0.6) is 5.75 Å². The average molecular weight is 262 g/mol. The molecule has 0 aliphatic carbocycles. The highest BCUT2D eigenvalue weighted by Crippen LogP contribution is 2.20. The second-order valence-electron chi connectivity index (χ2n) is 3.96. The average Bonchev–Trinajstić information content (AvgIpc) is 2.38. The first-order valence-electron chi connectivity index (χ1n) is 5.90. The molecule has 0 aromatic heterocycles. The summed E-state index contributed by atoms with van der Waals surface area (Å²) in [6.45, 7) is 9.40. The fraction of sp³-hybridized carbons (Fsp3) is 0.357. The van der Waals surface area contributed by atoms with Crippen LogP contribution in [-0.4, -0.2) is 21.5 Å². The van der Waals surface area contributed by atoms with Crippen molar-refractivity contribution >= 4 is 15.7 Å². The number of rotatable bonds is 6. The maximum absolute atomic E-state index is 11.1. The molecule has 1 aromatic carbocycles. The van der Waals surface area contributed by atoms with E-state index in [1.807, 2.05) is 39.0 Å². The topological polar surface area (TPSA) is 35.5 Å². The van der Waals surface area contributed by atoms with E-state index < -0.39 is 5.97 Å². The van der Waals surface area contributed by atoms with Gasteiger partial charge in [0.05, 0.1) is 0 Å². The fourth-order valence-corrected chi connectivity index (χ4v) is 2.15. The van der Waals surface area contributed by atoms with Gasteiger partial charge in [-0.1, -0.05) is 25.6 Å². The van der Waals surface area contributed by atoms with Crippen LogP contribution in [0.15, 0.2) is 30.9 Å². The molecule has 0 bridgehead atoms. The highest BCUT2D eigenvalue weighted by atomic mass is 28.2. The lowest BCUT2D eigenvalue weighted by molar-refractivity contribution is -0.139. The molecule has 96 valence electrons. The third kappa shape index (κ3) is 4.03. The van der Waals surface area contributed by atoms with Crippen molar-refractivity contribution in [3.63, 3.8) is 0 Å². The van der Waals surface area contributed by atoms with Gasteiger partial charge in [-0.3, -0.25) is 0 Å². The third-order valence-corrected chi connectivity index (χ3v) is 3.78. The highest BCUT2D eigenvalue weighted by molar-refractivity contribution is 6.30. The van der Waals surface area contributed by atoms with Gasteiger partial charge in [0.2, 0.25) is 0 Å². The van der Waals surface area contributed by atoms with Gasteiger partial charge in [0.25, 0.3) is 0 Å². The molecule has 0 fully saturated rings. The zero-order valence-corrected chi connectivity index (χ0v) is 12.0. The first kappa shape index (κ1) is 14.5. The molecule has 0 saturated carbocycles. The number of carbonyl (C=O) groups excluding carboxylic acids is 1. The summed E-state index contributed by atoms with van der Waals surface area (Å²) in [4.78, 5) is 11.1. The number of hydrogen-bond acceptors (Lipinski definition) is 3. The van der Waals surface area contributed by atoms with Crippen molar-refractivity contribution in [1.29, 1.82) is 0 Å². The van der Waals surface area contributed by atoms with Gasteiger partial charge >= 0.3 is 15.7 Å². The summed E-state index contributed by atoms with van der Waals surface area (Å²) in [5, 5.41) is 0. The zero-order valence-electron chi connectivity index (χ0n) is 11.0. The predicted octanol–water partition coefficient (Wildman–Crippen LogP) is 2.77. The summed E-state index contributed by atoms with van der Waals surface area (Å²) >= 11 is 0. The minimum Gasteiger partial charge on any atom is -0.537 e. The van der Waals surface area contributed by atoms with Crippen LogP contribution in [0, 0.1) is 13.8 Å². The minimum absolute atomic E-state index is 0.0985. The fourth-order valence-electron chi connectivity index (χ4n) is 1.34. The van der Waals surface area contributed by atoms with Gasteiger partial charge in [0.15, 0.2) is 0 Å². The number of hydrogen-bond donors (Lipinski definition) is 0. The summed E-state index contributed by atoms with van der Waals surface area (Å²) < 4.78 is 10.9. The van der Waals surface area contributed by atoms with Crippen LogP contribution in [0.4, 0.5) is 0 Å². The maximum atomic E-state index is 11.1. The molecule has 2 radical (unpaired) electrons. The number of benzene rings is 1. The highest BCUT2D eigenvalue weighted by Gasteiger charge is 2.15. The van der Waals surface area contributed by atoms with Gasteiger partial charge in [-0.2, -0.15) is 0 Å². The number of carbonyl (C=O) groups is 1. The molecule has 4 heteroatoms. The Labute approximate surface area is 111 Å². The van der Waals surface area contributed by atoms with Gasteiger partial charge in [0, 0.05) is 6.08 Å². The van der Waals surface area contributed by atoms with Crippen molar-refractivity contribution in [1.82, 2.24) is 0 Å². The Morgan fingerprint density at radius 1 is 1.50 bits per heavy atom. The van der Waals surface area contributed by atoms with Gasteiger partial charge < -0.3 is 9.16 Å². The summed E-state index contributed by atoms with van der Waals surface area (Å²) in [7, 11) is 0.0985. The Kier molecular flexibility index (Phi) is 5.65. The van der Waals surface area contributed by atoms with Gasteiger partial charge in [-0.15, -0.1) is 0 Å². The molecule has 0 N–H and O–H groups in total. The molecule has 0 heterocycles. The molecule has 1 rings (SSSR count). The SMILES string of the molecule is C=CC(=O)OC(CC)[Si]Oc1cccc(C)c1C.